The molecule has 0 atom stereocenters. The summed E-state index contributed by atoms with van der Waals surface area (Å²) >= 11 is 1.64. The van der Waals surface area contributed by atoms with Crippen LogP contribution in [0.25, 0.3) is 0 Å². The molecule has 2 rings (SSSR count). The summed E-state index contributed by atoms with van der Waals surface area (Å²) in [7, 11) is 0. The first kappa shape index (κ1) is 13.6. The van der Waals surface area contributed by atoms with Crippen molar-refractivity contribution in [3.05, 3.63) is 59.7 Å². The fourth-order valence-electron chi connectivity index (χ4n) is 1.56. The number of nitrogens with zero attached hydrogens (tertiary/aromatic N) is 1. The monoisotopic (exact) mass is 272 g/mol. The summed E-state index contributed by atoms with van der Waals surface area (Å²) in [5.74, 6) is 6.00. The number of halogens is 1. The summed E-state index contributed by atoms with van der Waals surface area (Å²) in [6, 6.07) is 8.70. The second-order valence-corrected chi connectivity index (χ2v) is 4.87. The van der Waals surface area contributed by atoms with Crippen LogP contribution in [0, 0.1) is 17.7 Å². The highest BCUT2D eigenvalue weighted by Crippen LogP contribution is 2.22. The molecule has 0 aliphatic carbocycles. The van der Waals surface area contributed by atoms with Crippen LogP contribution >= 0.6 is 11.8 Å². The molecule has 19 heavy (non-hydrogen) atoms. The molecule has 0 saturated heterocycles. The van der Waals surface area contributed by atoms with Crippen LogP contribution in [0.5, 0.6) is 0 Å². The molecule has 1 aromatic carbocycles. The average Bonchev–Trinajstić information content (AvgIpc) is 2.43. The Hall–Kier alpha value is -1.83. The molecule has 2 N–H and O–H groups in total. The number of hydrogen-bond donors (Lipinski definition) is 1. The van der Waals surface area contributed by atoms with E-state index in [0.717, 1.165) is 10.5 Å². The Balaban J connectivity index is 2.10. The third kappa shape index (κ3) is 4.40. The lowest BCUT2D eigenvalue weighted by Crippen LogP contribution is -1.93. The molecular weight excluding hydrogens is 259 g/mol. The van der Waals surface area contributed by atoms with E-state index in [9.17, 15) is 4.39 Å². The predicted molar refractivity (Wildman–Crippen MR) is 76.1 cm³/mol. The van der Waals surface area contributed by atoms with E-state index < -0.39 is 0 Å². The van der Waals surface area contributed by atoms with Gasteiger partial charge in [-0.3, -0.25) is 4.98 Å². The molecule has 2 nitrogen and oxygen atoms in total. The minimum absolute atomic E-state index is 0.269. The van der Waals surface area contributed by atoms with Gasteiger partial charge in [0.2, 0.25) is 0 Å². The Labute approximate surface area is 116 Å². The summed E-state index contributed by atoms with van der Waals surface area (Å²) in [6.07, 6.45) is 3.48. The lowest BCUT2D eigenvalue weighted by atomic mass is 10.1. The van der Waals surface area contributed by atoms with Crippen molar-refractivity contribution in [3.8, 4) is 11.8 Å². The molecule has 0 aliphatic heterocycles. The molecule has 1 heterocycles. The lowest BCUT2D eigenvalue weighted by Gasteiger charge is -2.03. The summed E-state index contributed by atoms with van der Waals surface area (Å²) in [4.78, 5) is 5.06. The molecular formula is C15H13FN2S. The van der Waals surface area contributed by atoms with E-state index in [1.165, 1.54) is 12.1 Å². The number of aromatic nitrogens is 1. The van der Waals surface area contributed by atoms with Crippen molar-refractivity contribution < 1.29 is 4.39 Å². The van der Waals surface area contributed by atoms with Gasteiger partial charge < -0.3 is 5.73 Å². The Morgan fingerprint density at radius 2 is 2.00 bits per heavy atom. The maximum atomic E-state index is 13.5. The molecule has 0 unspecified atom stereocenters. The molecule has 0 saturated carbocycles. The fourth-order valence-corrected chi connectivity index (χ4v) is 2.37. The number of benzene rings is 1. The number of nitrogens with two attached hydrogens (primary N) is 1. The second-order valence-electron chi connectivity index (χ2n) is 3.83. The molecule has 4 heteroatoms. The summed E-state index contributed by atoms with van der Waals surface area (Å²) in [5, 5.41) is 0. The quantitative estimate of drug-likeness (QED) is 0.690. The van der Waals surface area contributed by atoms with E-state index in [-0.39, 0.29) is 12.4 Å². The normalized spacial score (nSPS) is 9.79. The third-order valence-corrected chi connectivity index (χ3v) is 3.43. The van der Waals surface area contributed by atoms with Crippen molar-refractivity contribution in [2.45, 2.75) is 10.6 Å². The largest absolute Gasteiger partial charge is 0.320 e. The molecule has 0 amide bonds. The third-order valence-electron chi connectivity index (χ3n) is 2.35. The van der Waals surface area contributed by atoms with E-state index in [4.69, 9.17) is 5.73 Å². The number of rotatable bonds is 3. The number of hydrogen-bond acceptors (Lipinski definition) is 3. The van der Waals surface area contributed by atoms with Gasteiger partial charge in [0.25, 0.3) is 0 Å². The zero-order valence-electron chi connectivity index (χ0n) is 10.3. The van der Waals surface area contributed by atoms with Crippen molar-refractivity contribution in [2.75, 3.05) is 6.54 Å². The maximum Gasteiger partial charge on any atom is 0.124 e. The van der Waals surface area contributed by atoms with Crippen LogP contribution in [-0.2, 0) is 5.75 Å². The van der Waals surface area contributed by atoms with Gasteiger partial charge in [0.15, 0.2) is 0 Å². The first-order chi connectivity index (χ1) is 9.28. The summed E-state index contributed by atoms with van der Waals surface area (Å²) in [6.45, 7) is 0.275. The minimum atomic E-state index is -0.269. The SMILES string of the molecule is NCC#Cc1cc(F)cc(CSc2ccncc2)c1. The van der Waals surface area contributed by atoms with Crippen LogP contribution < -0.4 is 5.73 Å². The Morgan fingerprint density at radius 3 is 2.74 bits per heavy atom. The van der Waals surface area contributed by atoms with Gasteiger partial charge >= 0.3 is 0 Å². The summed E-state index contributed by atoms with van der Waals surface area (Å²) in [5.41, 5.74) is 6.88. The van der Waals surface area contributed by atoms with E-state index >= 15 is 0 Å². The lowest BCUT2D eigenvalue weighted by molar-refractivity contribution is 0.626. The van der Waals surface area contributed by atoms with Gasteiger partial charge in [-0.15, -0.1) is 11.8 Å². The van der Waals surface area contributed by atoms with Crippen LogP contribution in [0.1, 0.15) is 11.1 Å². The van der Waals surface area contributed by atoms with Crippen molar-refractivity contribution in [1.29, 1.82) is 0 Å². The highest BCUT2D eigenvalue weighted by Gasteiger charge is 2.01. The highest BCUT2D eigenvalue weighted by molar-refractivity contribution is 7.98. The first-order valence-corrected chi connectivity index (χ1v) is 6.78. The van der Waals surface area contributed by atoms with Gasteiger partial charge in [-0.25, -0.2) is 4.39 Å². The fraction of sp³-hybridized carbons (Fsp3) is 0.133. The molecule has 0 spiro atoms. The van der Waals surface area contributed by atoms with Crippen molar-refractivity contribution in [2.24, 2.45) is 5.73 Å². The molecule has 0 aliphatic rings. The van der Waals surface area contributed by atoms with E-state index in [0.29, 0.717) is 11.3 Å². The van der Waals surface area contributed by atoms with Gasteiger partial charge in [0.1, 0.15) is 5.82 Å². The molecule has 2 aromatic rings. The van der Waals surface area contributed by atoms with Gasteiger partial charge in [0, 0.05) is 28.6 Å². The van der Waals surface area contributed by atoms with Crippen LogP contribution in [0.15, 0.2) is 47.6 Å². The second kappa shape index (κ2) is 6.93. The molecule has 0 fully saturated rings. The van der Waals surface area contributed by atoms with Crippen LogP contribution in [0.3, 0.4) is 0 Å². The molecule has 0 bridgehead atoms. The van der Waals surface area contributed by atoms with Gasteiger partial charge in [0.05, 0.1) is 6.54 Å². The number of pyridine rings is 1. The van der Waals surface area contributed by atoms with E-state index in [1.54, 1.807) is 24.2 Å². The minimum Gasteiger partial charge on any atom is -0.320 e. The van der Waals surface area contributed by atoms with Gasteiger partial charge in [-0.2, -0.15) is 0 Å². The molecule has 0 radical (unpaired) electrons. The molecule has 1 aromatic heterocycles. The van der Waals surface area contributed by atoms with E-state index in [1.807, 2.05) is 18.2 Å². The van der Waals surface area contributed by atoms with Crippen LogP contribution in [0.4, 0.5) is 4.39 Å². The number of thioether (sulfide) groups is 1. The Bertz CT molecular complexity index is 603. The topological polar surface area (TPSA) is 38.9 Å². The zero-order valence-corrected chi connectivity index (χ0v) is 11.1. The Kier molecular flexibility index (Phi) is 4.96. The van der Waals surface area contributed by atoms with Crippen molar-refractivity contribution in [3.63, 3.8) is 0 Å². The standard InChI is InChI=1S/C15H13FN2S/c16-14-9-12(2-1-5-17)8-13(10-14)11-19-15-3-6-18-7-4-15/h3-4,6-10H,5,11,17H2. The zero-order chi connectivity index (χ0) is 13.5. The highest BCUT2D eigenvalue weighted by atomic mass is 32.2. The average molecular weight is 272 g/mol. The van der Waals surface area contributed by atoms with Gasteiger partial charge in [-0.1, -0.05) is 11.8 Å². The van der Waals surface area contributed by atoms with Crippen LogP contribution in [0.2, 0.25) is 0 Å². The van der Waals surface area contributed by atoms with Crippen molar-refractivity contribution in [1.82, 2.24) is 4.98 Å². The maximum absolute atomic E-state index is 13.5. The first-order valence-electron chi connectivity index (χ1n) is 5.79. The smallest absolute Gasteiger partial charge is 0.124 e. The van der Waals surface area contributed by atoms with Crippen LogP contribution in [-0.4, -0.2) is 11.5 Å². The van der Waals surface area contributed by atoms with Crippen molar-refractivity contribution >= 4 is 11.8 Å². The summed E-state index contributed by atoms with van der Waals surface area (Å²) < 4.78 is 13.5. The van der Waals surface area contributed by atoms with E-state index in [2.05, 4.69) is 16.8 Å². The predicted octanol–water partition coefficient (Wildman–Crippen LogP) is 2.82. The van der Waals surface area contributed by atoms with Gasteiger partial charge in [-0.05, 0) is 35.9 Å². The Morgan fingerprint density at radius 1 is 1.21 bits per heavy atom. The molecule has 96 valence electrons.